The fourth-order valence-electron chi connectivity index (χ4n) is 4.27. The highest BCUT2D eigenvalue weighted by Gasteiger charge is 2.43. The molecule has 2 aromatic rings. The van der Waals surface area contributed by atoms with Crippen LogP contribution in [-0.4, -0.2) is 50.6 Å². The van der Waals surface area contributed by atoms with Crippen molar-refractivity contribution in [3.05, 3.63) is 12.5 Å². The van der Waals surface area contributed by atoms with Gasteiger partial charge < -0.3 is 10.6 Å². The number of anilines is 1. The molecule has 2 fully saturated rings. The van der Waals surface area contributed by atoms with Gasteiger partial charge in [-0.25, -0.2) is 9.38 Å². The van der Waals surface area contributed by atoms with Crippen LogP contribution in [-0.2, 0) is 9.59 Å². The van der Waals surface area contributed by atoms with Gasteiger partial charge in [0.1, 0.15) is 6.33 Å². The summed E-state index contributed by atoms with van der Waals surface area (Å²) in [5, 5.41) is 8.44. The van der Waals surface area contributed by atoms with Crippen LogP contribution >= 0.6 is 11.8 Å². The van der Waals surface area contributed by atoms with Crippen LogP contribution in [0.4, 0.5) is 5.95 Å². The molecule has 1 saturated heterocycles. The first-order chi connectivity index (χ1) is 13.1. The summed E-state index contributed by atoms with van der Waals surface area (Å²) in [6.07, 6.45) is 11.3. The minimum atomic E-state index is 0.250. The van der Waals surface area contributed by atoms with Gasteiger partial charge in [-0.2, -0.15) is 9.59 Å². The second kappa shape index (κ2) is 8.82. The Kier molecular flexibility index (Phi) is 6.46. The van der Waals surface area contributed by atoms with Gasteiger partial charge in [-0.05, 0) is 43.3 Å². The van der Waals surface area contributed by atoms with Crippen LogP contribution in [0.3, 0.4) is 0 Å². The van der Waals surface area contributed by atoms with Gasteiger partial charge in [0.25, 0.3) is 0 Å². The van der Waals surface area contributed by atoms with Gasteiger partial charge in [-0.3, -0.25) is 0 Å². The predicted molar refractivity (Wildman–Crippen MR) is 103 cm³/mol. The molecular formula is C18H26N6O2S. The number of nitrogens with zero attached hydrogens (tertiary/aromatic N) is 5. The summed E-state index contributed by atoms with van der Waals surface area (Å²) < 4.78 is 2.05. The summed E-state index contributed by atoms with van der Waals surface area (Å²) in [6.45, 7) is 4.23. The number of hydrogen-bond acceptors (Lipinski definition) is 8. The Balaban J connectivity index is 0.000000659. The van der Waals surface area contributed by atoms with Crippen LogP contribution in [0, 0.1) is 5.41 Å². The van der Waals surface area contributed by atoms with Gasteiger partial charge in [0.05, 0.1) is 4.90 Å². The first kappa shape index (κ1) is 19.8. The summed E-state index contributed by atoms with van der Waals surface area (Å²) >= 11 is 1.80. The zero-order valence-electron chi connectivity index (χ0n) is 15.6. The van der Waals surface area contributed by atoms with E-state index in [9.17, 15) is 0 Å². The number of piperidine rings is 1. The van der Waals surface area contributed by atoms with Crippen LogP contribution < -0.4 is 10.6 Å². The molecule has 8 nitrogen and oxygen atoms in total. The molecule has 9 heteroatoms. The minimum absolute atomic E-state index is 0.250. The molecule has 4 rings (SSSR count). The predicted octanol–water partition coefficient (Wildman–Crippen LogP) is 2.14. The zero-order chi connectivity index (χ0) is 19.3. The first-order valence-corrected chi connectivity index (χ1v) is 10.4. The molecule has 2 aliphatic rings. The fraction of sp³-hybridized carbons (Fsp3) is 0.667. The Morgan fingerprint density at radius 1 is 1.33 bits per heavy atom. The highest BCUT2D eigenvalue weighted by Crippen LogP contribution is 2.45. The summed E-state index contributed by atoms with van der Waals surface area (Å²) in [7, 11) is 0. The van der Waals surface area contributed by atoms with Crippen molar-refractivity contribution >= 4 is 29.5 Å². The maximum absolute atomic E-state index is 8.12. The highest BCUT2D eigenvalue weighted by molar-refractivity contribution is 7.99. The van der Waals surface area contributed by atoms with Crippen LogP contribution in [0.2, 0.25) is 0 Å². The standard InChI is InChI=1S/C17H26N6S.CO2/c1-2-10-24-13-11-19-16(23-12-20-21-15(13)23)22-8-6-17(7-9-22)5-3-4-14(17)18;2-1-3/h11-12,14H,2-10,18H2,1H3;/t14-;/m1./s1. The Bertz CT molecular complexity index is 796. The molecule has 0 bridgehead atoms. The van der Waals surface area contributed by atoms with Gasteiger partial charge in [0.2, 0.25) is 5.95 Å². The van der Waals surface area contributed by atoms with Crippen molar-refractivity contribution in [1.82, 2.24) is 19.6 Å². The summed E-state index contributed by atoms with van der Waals surface area (Å²) in [4.78, 5) is 24.5. The van der Waals surface area contributed by atoms with Crippen molar-refractivity contribution < 1.29 is 9.59 Å². The van der Waals surface area contributed by atoms with E-state index in [2.05, 4.69) is 22.0 Å². The first-order valence-electron chi connectivity index (χ1n) is 9.46. The van der Waals surface area contributed by atoms with Gasteiger partial charge in [-0.15, -0.1) is 22.0 Å². The highest BCUT2D eigenvalue weighted by atomic mass is 32.2. The molecule has 0 amide bonds. The third-order valence-electron chi connectivity index (χ3n) is 5.76. The number of hydrogen-bond donors (Lipinski definition) is 1. The van der Waals surface area contributed by atoms with E-state index in [4.69, 9.17) is 20.3 Å². The summed E-state index contributed by atoms with van der Waals surface area (Å²) in [5.41, 5.74) is 7.71. The Labute approximate surface area is 162 Å². The molecule has 1 aliphatic carbocycles. The van der Waals surface area contributed by atoms with E-state index in [1.165, 1.54) is 32.1 Å². The number of carbonyl (C=O) groups excluding carboxylic acids is 2. The Morgan fingerprint density at radius 3 is 2.70 bits per heavy atom. The van der Waals surface area contributed by atoms with E-state index in [1.54, 1.807) is 18.1 Å². The minimum Gasteiger partial charge on any atom is -0.342 e. The maximum atomic E-state index is 8.12. The second-order valence-electron chi connectivity index (χ2n) is 7.23. The lowest BCUT2D eigenvalue weighted by Crippen LogP contribution is -2.47. The smallest absolute Gasteiger partial charge is 0.342 e. The van der Waals surface area contributed by atoms with Crippen molar-refractivity contribution in [2.75, 3.05) is 23.7 Å². The van der Waals surface area contributed by atoms with Crippen molar-refractivity contribution in [3.63, 3.8) is 0 Å². The zero-order valence-corrected chi connectivity index (χ0v) is 16.5. The van der Waals surface area contributed by atoms with Gasteiger partial charge in [0, 0.05) is 25.3 Å². The molecule has 1 aliphatic heterocycles. The molecule has 146 valence electrons. The molecular weight excluding hydrogens is 364 g/mol. The van der Waals surface area contributed by atoms with E-state index >= 15 is 0 Å². The Hall–Kier alpha value is -1.96. The van der Waals surface area contributed by atoms with E-state index in [-0.39, 0.29) is 6.15 Å². The normalized spacial score (nSPS) is 21.1. The van der Waals surface area contributed by atoms with Gasteiger partial charge in [-0.1, -0.05) is 13.3 Å². The largest absolute Gasteiger partial charge is 0.373 e. The number of fused-ring (bicyclic) bond motifs is 1. The third kappa shape index (κ3) is 4.00. The summed E-state index contributed by atoms with van der Waals surface area (Å²) in [5.74, 6) is 2.05. The topological polar surface area (TPSA) is 106 Å². The van der Waals surface area contributed by atoms with Gasteiger partial charge >= 0.3 is 6.15 Å². The van der Waals surface area contributed by atoms with E-state index < -0.39 is 0 Å². The molecule has 3 heterocycles. The lowest BCUT2D eigenvalue weighted by atomic mass is 9.74. The monoisotopic (exact) mass is 390 g/mol. The molecule has 0 radical (unpaired) electrons. The second-order valence-corrected chi connectivity index (χ2v) is 8.36. The van der Waals surface area contributed by atoms with Gasteiger partial charge in [0.15, 0.2) is 5.65 Å². The number of nitrogens with two attached hydrogens (primary N) is 1. The fourth-order valence-corrected chi connectivity index (χ4v) is 5.09. The van der Waals surface area contributed by atoms with Crippen molar-refractivity contribution in [1.29, 1.82) is 0 Å². The van der Waals surface area contributed by atoms with Crippen molar-refractivity contribution in [2.45, 2.75) is 56.4 Å². The van der Waals surface area contributed by atoms with E-state index in [1.807, 2.05) is 10.6 Å². The van der Waals surface area contributed by atoms with Crippen LogP contribution in [0.15, 0.2) is 17.4 Å². The SMILES string of the molecule is CCCSc1cnc(N2CCC3(CCC[C@H]3N)CC2)n2cnnc12.O=C=O. The van der Waals surface area contributed by atoms with Crippen LogP contribution in [0.1, 0.15) is 45.4 Å². The molecule has 0 aromatic carbocycles. The molecule has 2 N–H and O–H groups in total. The quantitative estimate of drug-likeness (QED) is 0.792. The molecule has 1 spiro atoms. The molecule has 2 aromatic heterocycles. The van der Waals surface area contributed by atoms with E-state index in [0.29, 0.717) is 11.5 Å². The molecule has 1 atom stereocenters. The van der Waals surface area contributed by atoms with Crippen LogP contribution in [0.25, 0.3) is 5.65 Å². The molecule has 0 unspecified atom stereocenters. The molecule has 1 saturated carbocycles. The van der Waals surface area contributed by atoms with Crippen LogP contribution in [0.5, 0.6) is 0 Å². The average Bonchev–Trinajstić information content (AvgIpc) is 3.29. The van der Waals surface area contributed by atoms with E-state index in [0.717, 1.165) is 41.8 Å². The Morgan fingerprint density at radius 2 is 2.07 bits per heavy atom. The lowest BCUT2D eigenvalue weighted by Gasteiger charge is -2.42. The summed E-state index contributed by atoms with van der Waals surface area (Å²) in [6, 6.07) is 0.385. The van der Waals surface area contributed by atoms with Crippen molar-refractivity contribution in [3.8, 4) is 0 Å². The number of aromatic nitrogens is 4. The number of rotatable bonds is 4. The molecule has 27 heavy (non-hydrogen) atoms. The maximum Gasteiger partial charge on any atom is 0.373 e. The lowest BCUT2D eigenvalue weighted by molar-refractivity contribution is -0.191. The third-order valence-corrected chi connectivity index (χ3v) is 6.97. The average molecular weight is 391 g/mol. The number of thioether (sulfide) groups is 1. The van der Waals surface area contributed by atoms with Crippen molar-refractivity contribution in [2.24, 2.45) is 11.1 Å².